The molecule has 1 aromatic heterocycles. The first kappa shape index (κ1) is 11.2. The smallest absolute Gasteiger partial charge is 0.121 e. The van der Waals surface area contributed by atoms with Crippen LogP contribution in [0.1, 0.15) is 38.4 Å². The number of hydrogen-bond acceptors (Lipinski definition) is 2. The van der Waals surface area contributed by atoms with E-state index in [1.165, 1.54) is 12.8 Å². The number of halogens is 1. The summed E-state index contributed by atoms with van der Waals surface area (Å²) in [6, 6.07) is 2.64. The van der Waals surface area contributed by atoms with Crippen LogP contribution in [0.2, 0.25) is 0 Å². The van der Waals surface area contributed by atoms with Gasteiger partial charge in [-0.1, -0.05) is 13.8 Å². The zero-order valence-corrected chi connectivity index (χ0v) is 10.9. The second-order valence-electron chi connectivity index (χ2n) is 4.34. The van der Waals surface area contributed by atoms with E-state index >= 15 is 0 Å². The Labute approximate surface area is 99.6 Å². The Morgan fingerprint density at radius 2 is 2.33 bits per heavy atom. The third-order valence-corrected chi connectivity index (χ3v) is 4.16. The van der Waals surface area contributed by atoms with E-state index in [4.69, 9.17) is 4.42 Å². The Kier molecular flexibility index (Phi) is 3.52. The molecule has 0 amide bonds. The Bertz CT molecular complexity index is 323. The summed E-state index contributed by atoms with van der Waals surface area (Å²) in [4.78, 5) is 0. The Morgan fingerprint density at radius 1 is 1.53 bits per heavy atom. The van der Waals surface area contributed by atoms with Crippen LogP contribution in [-0.4, -0.2) is 12.6 Å². The highest BCUT2D eigenvalue weighted by molar-refractivity contribution is 9.10. The molecule has 3 atom stereocenters. The van der Waals surface area contributed by atoms with E-state index < -0.39 is 0 Å². The molecule has 2 nitrogen and oxygen atoms in total. The standard InChI is InChI=1S/C12H18BrNO/c1-3-14-11-5-4-9(8(11)2)12-10(13)6-7-15-12/h6-9,11,14H,3-5H2,1-2H3. The van der Waals surface area contributed by atoms with Crippen LogP contribution in [0.25, 0.3) is 0 Å². The highest BCUT2D eigenvalue weighted by atomic mass is 79.9. The van der Waals surface area contributed by atoms with Crippen LogP contribution in [0.3, 0.4) is 0 Å². The molecule has 0 radical (unpaired) electrons. The third-order valence-electron chi connectivity index (χ3n) is 3.51. The second-order valence-corrected chi connectivity index (χ2v) is 5.19. The van der Waals surface area contributed by atoms with E-state index in [0.29, 0.717) is 17.9 Å². The average molecular weight is 272 g/mol. The van der Waals surface area contributed by atoms with Crippen molar-refractivity contribution < 1.29 is 4.42 Å². The largest absolute Gasteiger partial charge is 0.468 e. The fourth-order valence-electron chi connectivity index (χ4n) is 2.66. The lowest BCUT2D eigenvalue weighted by Gasteiger charge is -2.20. The molecule has 1 aliphatic carbocycles. The summed E-state index contributed by atoms with van der Waals surface area (Å²) in [7, 11) is 0. The second kappa shape index (κ2) is 4.71. The molecule has 3 unspecified atom stereocenters. The van der Waals surface area contributed by atoms with Crippen LogP contribution in [0.4, 0.5) is 0 Å². The van der Waals surface area contributed by atoms with Gasteiger partial charge >= 0.3 is 0 Å². The SMILES string of the molecule is CCNC1CCC(c2occc2Br)C1C. The van der Waals surface area contributed by atoms with Crippen molar-refractivity contribution >= 4 is 15.9 Å². The molecule has 15 heavy (non-hydrogen) atoms. The minimum atomic E-state index is 0.568. The van der Waals surface area contributed by atoms with Crippen LogP contribution < -0.4 is 5.32 Å². The van der Waals surface area contributed by atoms with E-state index in [1.54, 1.807) is 6.26 Å². The summed E-state index contributed by atoms with van der Waals surface area (Å²) in [6.45, 7) is 5.55. The highest BCUT2D eigenvalue weighted by Gasteiger charge is 2.35. The van der Waals surface area contributed by atoms with Crippen molar-refractivity contribution in [3.05, 3.63) is 22.6 Å². The zero-order chi connectivity index (χ0) is 10.8. The van der Waals surface area contributed by atoms with E-state index in [0.717, 1.165) is 16.8 Å². The molecule has 84 valence electrons. The van der Waals surface area contributed by atoms with Gasteiger partial charge in [0.15, 0.2) is 0 Å². The molecule has 3 heteroatoms. The Hall–Kier alpha value is -0.280. The predicted octanol–water partition coefficient (Wildman–Crippen LogP) is 3.53. The van der Waals surface area contributed by atoms with Gasteiger partial charge < -0.3 is 9.73 Å². The lowest BCUT2D eigenvalue weighted by Crippen LogP contribution is -2.32. The minimum Gasteiger partial charge on any atom is -0.468 e. The summed E-state index contributed by atoms with van der Waals surface area (Å²) in [5, 5.41) is 3.55. The van der Waals surface area contributed by atoms with Gasteiger partial charge in [0.1, 0.15) is 5.76 Å². The van der Waals surface area contributed by atoms with Crippen LogP contribution in [0.5, 0.6) is 0 Å². The molecule has 2 rings (SSSR count). The van der Waals surface area contributed by atoms with Gasteiger partial charge in [0.25, 0.3) is 0 Å². The summed E-state index contributed by atoms with van der Waals surface area (Å²) in [6.07, 6.45) is 4.25. The van der Waals surface area contributed by atoms with E-state index in [1.807, 2.05) is 6.07 Å². The van der Waals surface area contributed by atoms with Gasteiger partial charge in [-0.05, 0) is 47.3 Å². The van der Waals surface area contributed by atoms with Gasteiger partial charge in [-0.25, -0.2) is 0 Å². The monoisotopic (exact) mass is 271 g/mol. The maximum Gasteiger partial charge on any atom is 0.121 e. The van der Waals surface area contributed by atoms with Crippen molar-refractivity contribution in [2.45, 2.75) is 38.6 Å². The lowest BCUT2D eigenvalue weighted by atomic mass is 9.93. The molecule has 0 spiro atoms. The van der Waals surface area contributed by atoms with Gasteiger partial charge in [0.2, 0.25) is 0 Å². The third kappa shape index (κ3) is 2.13. The van der Waals surface area contributed by atoms with Gasteiger partial charge in [0, 0.05) is 12.0 Å². The van der Waals surface area contributed by atoms with E-state index in [-0.39, 0.29) is 0 Å². The van der Waals surface area contributed by atoms with E-state index in [9.17, 15) is 0 Å². The van der Waals surface area contributed by atoms with Crippen LogP contribution in [0.15, 0.2) is 21.2 Å². The van der Waals surface area contributed by atoms with Crippen molar-refractivity contribution in [3.63, 3.8) is 0 Å². The van der Waals surface area contributed by atoms with Crippen molar-refractivity contribution in [2.75, 3.05) is 6.54 Å². The fraction of sp³-hybridized carbons (Fsp3) is 0.667. The molecule has 0 bridgehead atoms. The molecular weight excluding hydrogens is 254 g/mol. The number of furan rings is 1. The van der Waals surface area contributed by atoms with E-state index in [2.05, 4.69) is 35.1 Å². The summed E-state index contributed by atoms with van der Waals surface area (Å²) >= 11 is 3.55. The number of rotatable bonds is 3. The van der Waals surface area contributed by atoms with Gasteiger partial charge in [0.05, 0.1) is 10.7 Å². The topological polar surface area (TPSA) is 25.2 Å². The number of hydrogen-bond donors (Lipinski definition) is 1. The predicted molar refractivity (Wildman–Crippen MR) is 65.0 cm³/mol. The molecule has 1 saturated carbocycles. The maximum atomic E-state index is 5.57. The van der Waals surface area contributed by atoms with Crippen LogP contribution >= 0.6 is 15.9 Å². The van der Waals surface area contributed by atoms with Crippen molar-refractivity contribution in [1.82, 2.24) is 5.32 Å². The molecule has 1 aliphatic rings. The maximum absolute atomic E-state index is 5.57. The molecule has 1 fully saturated rings. The Balaban J connectivity index is 2.10. The zero-order valence-electron chi connectivity index (χ0n) is 9.29. The summed E-state index contributed by atoms with van der Waals surface area (Å²) in [5.74, 6) is 2.36. The Morgan fingerprint density at radius 3 is 2.93 bits per heavy atom. The quantitative estimate of drug-likeness (QED) is 0.910. The molecule has 0 saturated heterocycles. The first-order valence-corrected chi connectivity index (χ1v) is 6.49. The molecule has 1 aromatic rings. The fourth-order valence-corrected chi connectivity index (χ4v) is 3.15. The van der Waals surface area contributed by atoms with Gasteiger partial charge in [-0.3, -0.25) is 0 Å². The van der Waals surface area contributed by atoms with Crippen LogP contribution in [-0.2, 0) is 0 Å². The molecule has 0 aromatic carbocycles. The first-order valence-electron chi connectivity index (χ1n) is 5.70. The normalized spacial score (nSPS) is 31.0. The molecular formula is C12H18BrNO. The van der Waals surface area contributed by atoms with Crippen molar-refractivity contribution in [3.8, 4) is 0 Å². The summed E-state index contributed by atoms with van der Waals surface area (Å²) < 4.78 is 6.69. The molecule has 1 N–H and O–H groups in total. The molecule has 0 aliphatic heterocycles. The van der Waals surface area contributed by atoms with Gasteiger partial charge in [-0.2, -0.15) is 0 Å². The minimum absolute atomic E-state index is 0.568. The molecule has 1 heterocycles. The average Bonchev–Trinajstić information content (AvgIpc) is 2.76. The summed E-state index contributed by atoms with van der Waals surface area (Å²) in [5.41, 5.74) is 0. The van der Waals surface area contributed by atoms with Crippen molar-refractivity contribution in [2.24, 2.45) is 5.92 Å². The lowest BCUT2D eigenvalue weighted by molar-refractivity contribution is 0.369. The highest BCUT2D eigenvalue weighted by Crippen LogP contribution is 2.42. The van der Waals surface area contributed by atoms with Gasteiger partial charge in [-0.15, -0.1) is 0 Å². The van der Waals surface area contributed by atoms with Crippen LogP contribution in [0, 0.1) is 5.92 Å². The first-order chi connectivity index (χ1) is 7.24. The van der Waals surface area contributed by atoms with Crippen molar-refractivity contribution in [1.29, 1.82) is 0 Å². The number of nitrogens with one attached hydrogen (secondary N) is 1.